The Morgan fingerprint density at radius 3 is 2.56 bits per heavy atom. The molecule has 1 aliphatic rings. The number of anilines is 2. The quantitative estimate of drug-likeness (QED) is 0.191. The molecule has 0 saturated heterocycles. The lowest BCUT2D eigenvalue weighted by atomic mass is 9.99. The number of carbonyl (C=O) groups excluding carboxylic acids is 3. The molecule has 36 heavy (non-hydrogen) atoms. The second kappa shape index (κ2) is 10.3. The summed E-state index contributed by atoms with van der Waals surface area (Å²) in [5.74, 6) is -2.36. The van der Waals surface area contributed by atoms with Crippen LogP contribution in [0.15, 0.2) is 60.7 Å². The van der Waals surface area contributed by atoms with E-state index in [1.807, 2.05) is 6.07 Å². The minimum absolute atomic E-state index is 0.0650. The van der Waals surface area contributed by atoms with Gasteiger partial charge in [-0.15, -0.1) is 0 Å². The van der Waals surface area contributed by atoms with Crippen LogP contribution in [0.3, 0.4) is 0 Å². The highest BCUT2D eigenvalue weighted by atomic mass is 19.1. The number of Topliss-reactive ketones (excluding diaryl/α,β-unsaturated/α-hetero) is 1. The van der Waals surface area contributed by atoms with E-state index >= 15 is 4.39 Å². The van der Waals surface area contributed by atoms with E-state index in [0.717, 1.165) is 0 Å². The molecule has 2 atom stereocenters. The van der Waals surface area contributed by atoms with Crippen LogP contribution in [0, 0.1) is 17.1 Å². The van der Waals surface area contributed by atoms with Crippen LogP contribution in [0.1, 0.15) is 57.5 Å². The van der Waals surface area contributed by atoms with Crippen molar-refractivity contribution in [3.05, 3.63) is 88.7 Å². The van der Waals surface area contributed by atoms with Crippen LogP contribution in [-0.2, 0) is 0 Å². The standard InChI is InChI=1S/C27H23FN4O4/c1-2-23(33)19-10-11-21(28)24(25(19)36-26(34)16-4-3-5-17(30)12-16)20-13-22(20)32-27(35)31-18-8-6-15(14-29)7-9-18/h3-12,20,22H,2,13,30H2,1H3,(H2,31,32,35). The van der Waals surface area contributed by atoms with Crippen LogP contribution in [0.4, 0.5) is 20.6 Å². The van der Waals surface area contributed by atoms with Gasteiger partial charge in [-0.3, -0.25) is 4.79 Å². The minimum Gasteiger partial charge on any atom is -0.422 e. The normalized spacial score (nSPS) is 15.9. The molecule has 4 N–H and O–H groups in total. The van der Waals surface area contributed by atoms with Gasteiger partial charge in [0.2, 0.25) is 0 Å². The largest absolute Gasteiger partial charge is 0.422 e. The zero-order valence-corrected chi connectivity index (χ0v) is 19.4. The number of hydrogen-bond donors (Lipinski definition) is 3. The van der Waals surface area contributed by atoms with Gasteiger partial charge < -0.3 is 21.1 Å². The molecule has 3 aromatic carbocycles. The molecule has 2 amide bonds. The molecule has 0 spiro atoms. The second-order valence-corrected chi connectivity index (χ2v) is 8.37. The molecule has 182 valence electrons. The Hall–Kier alpha value is -4.71. The zero-order valence-electron chi connectivity index (χ0n) is 19.4. The summed E-state index contributed by atoms with van der Waals surface area (Å²) in [6.45, 7) is 1.66. The van der Waals surface area contributed by atoms with Gasteiger partial charge >= 0.3 is 12.0 Å². The lowest BCUT2D eigenvalue weighted by Crippen LogP contribution is -2.31. The van der Waals surface area contributed by atoms with Crippen LogP contribution in [-0.4, -0.2) is 23.8 Å². The molecule has 3 aromatic rings. The average molecular weight is 487 g/mol. The van der Waals surface area contributed by atoms with Crippen LogP contribution >= 0.6 is 0 Å². The van der Waals surface area contributed by atoms with Gasteiger partial charge in [-0.05, 0) is 61.0 Å². The Balaban J connectivity index is 1.56. The molecular formula is C27H23FN4O4. The molecule has 0 radical (unpaired) electrons. The van der Waals surface area contributed by atoms with Gasteiger partial charge in [0, 0.05) is 35.3 Å². The Morgan fingerprint density at radius 1 is 1.14 bits per heavy atom. The maximum absolute atomic E-state index is 15.1. The van der Waals surface area contributed by atoms with Gasteiger partial charge in [0.15, 0.2) is 5.78 Å². The highest BCUT2D eigenvalue weighted by Crippen LogP contribution is 2.47. The van der Waals surface area contributed by atoms with E-state index in [2.05, 4.69) is 10.6 Å². The number of esters is 1. The first kappa shape index (κ1) is 24.4. The van der Waals surface area contributed by atoms with Crippen molar-refractivity contribution in [1.29, 1.82) is 5.26 Å². The summed E-state index contributed by atoms with van der Waals surface area (Å²) in [5.41, 5.74) is 7.38. The van der Waals surface area contributed by atoms with Crippen LogP contribution in [0.25, 0.3) is 0 Å². The van der Waals surface area contributed by atoms with Crippen molar-refractivity contribution in [2.24, 2.45) is 0 Å². The smallest absolute Gasteiger partial charge is 0.343 e. The molecule has 0 aromatic heterocycles. The monoisotopic (exact) mass is 486 g/mol. The number of halogens is 1. The molecule has 0 aliphatic heterocycles. The van der Waals surface area contributed by atoms with Crippen LogP contribution in [0.2, 0.25) is 0 Å². The summed E-state index contributed by atoms with van der Waals surface area (Å²) in [5, 5.41) is 14.3. The zero-order chi connectivity index (χ0) is 25.8. The molecule has 0 bridgehead atoms. The van der Waals surface area contributed by atoms with Crippen molar-refractivity contribution < 1.29 is 23.5 Å². The summed E-state index contributed by atoms with van der Waals surface area (Å²) in [6, 6.07) is 16.0. The van der Waals surface area contributed by atoms with Crippen LogP contribution < -0.4 is 21.1 Å². The Bertz CT molecular complexity index is 1380. The molecule has 1 saturated carbocycles. The highest BCUT2D eigenvalue weighted by Gasteiger charge is 2.44. The Labute approximate surface area is 206 Å². The molecule has 1 fully saturated rings. The molecular weight excluding hydrogens is 463 g/mol. The first-order chi connectivity index (χ1) is 17.3. The molecule has 8 nitrogen and oxygen atoms in total. The maximum Gasteiger partial charge on any atom is 0.343 e. The van der Waals surface area contributed by atoms with Gasteiger partial charge in [0.05, 0.1) is 22.8 Å². The van der Waals surface area contributed by atoms with Crippen LogP contribution in [0.5, 0.6) is 5.75 Å². The van der Waals surface area contributed by atoms with Gasteiger partial charge in [-0.2, -0.15) is 5.26 Å². The number of amides is 2. The summed E-state index contributed by atoms with van der Waals surface area (Å²) < 4.78 is 20.6. The fraction of sp³-hybridized carbons (Fsp3) is 0.185. The molecule has 9 heteroatoms. The summed E-state index contributed by atoms with van der Waals surface area (Å²) in [4.78, 5) is 37.9. The number of nitrogens with two attached hydrogens (primary N) is 1. The number of rotatable bonds is 7. The number of nitrogen functional groups attached to an aromatic ring is 1. The second-order valence-electron chi connectivity index (χ2n) is 8.37. The first-order valence-corrected chi connectivity index (χ1v) is 11.3. The summed E-state index contributed by atoms with van der Waals surface area (Å²) >= 11 is 0. The molecule has 0 heterocycles. The molecule has 4 rings (SSSR count). The number of hydrogen-bond acceptors (Lipinski definition) is 6. The van der Waals surface area contributed by atoms with Gasteiger partial charge in [0.1, 0.15) is 11.6 Å². The number of ketones is 1. The molecule has 1 aliphatic carbocycles. The number of nitrogens with one attached hydrogen (secondary N) is 2. The molecule has 2 unspecified atom stereocenters. The predicted octanol–water partition coefficient (Wildman–Crippen LogP) is 4.77. The first-order valence-electron chi connectivity index (χ1n) is 11.3. The van der Waals surface area contributed by atoms with Crippen molar-refractivity contribution in [1.82, 2.24) is 5.32 Å². The Morgan fingerprint density at radius 2 is 1.89 bits per heavy atom. The third-order valence-electron chi connectivity index (χ3n) is 5.83. The summed E-state index contributed by atoms with van der Waals surface area (Å²) in [7, 11) is 0. The third kappa shape index (κ3) is 5.33. The third-order valence-corrected chi connectivity index (χ3v) is 5.83. The minimum atomic E-state index is -0.775. The van der Waals surface area contributed by atoms with Crippen molar-refractivity contribution in [2.45, 2.75) is 31.7 Å². The van der Waals surface area contributed by atoms with Gasteiger partial charge in [-0.1, -0.05) is 13.0 Å². The Kier molecular flexibility index (Phi) is 6.97. The number of nitrogens with zero attached hydrogens (tertiary/aromatic N) is 1. The van der Waals surface area contributed by atoms with Crippen molar-refractivity contribution in [3.63, 3.8) is 0 Å². The number of carbonyl (C=O) groups is 3. The number of nitriles is 1. The average Bonchev–Trinajstić information content (AvgIpc) is 3.62. The van der Waals surface area contributed by atoms with Crippen molar-refractivity contribution in [3.8, 4) is 11.8 Å². The van der Waals surface area contributed by atoms with E-state index < -0.39 is 29.8 Å². The van der Waals surface area contributed by atoms with Crippen molar-refractivity contribution in [2.75, 3.05) is 11.1 Å². The van der Waals surface area contributed by atoms with Gasteiger partial charge in [0.25, 0.3) is 0 Å². The summed E-state index contributed by atoms with van der Waals surface area (Å²) in [6.07, 6.45) is 0.525. The topological polar surface area (TPSA) is 134 Å². The SMILES string of the molecule is CCC(=O)c1ccc(F)c(C2CC2NC(=O)Nc2ccc(C#N)cc2)c1OC(=O)c1cccc(N)c1. The highest BCUT2D eigenvalue weighted by molar-refractivity contribution is 6.01. The van der Waals surface area contributed by atoms with E-state index in [-0.39, 0.29) is 34.6 Å². The fourth-order valence-corrected chi connectivity index (χ4v) is 3.90. The number of benzene rings is 3. The lowest BCUT2D eigenvalue weighted by molar-refractivity contribution is 0.0730. The van der Waals surface area contributed by atoms with E-state index in [1.54, 1.807) is 43.3 Å². The fourth-order valence-electron chi connectivity index (χ4n) is 3.90. The van der Waals surface area contributed by atoms with E-state index in [9.17, 15) is 14.4 Å². The maximum atomic E-state index is 15.1. The predicted molar refractivity (Wildman–Crippen MR) is 131 cm³/mol. The van der Waals surface area contributed by atoms with E-state index in [0.29, 0.717) is 23.4 Å². The van der Waals surface area contributed by atoms with E-state index in [4.69, 9.17) is 15.7 Å². The number of ether oxygens (including phenoxy) is 1. The van der Waals surface area contributed by atoms with Gasteiger partial charge in [-0.25, -0.2) is 14.0 Å². The van der Waals surface area contributed by atoms with E-state index in [1.165, 1.54) is 24.3 Å². The van der Waals surface area contributed by atoms with Crippen molar-refractivity contribution >= 4 is 29.2 Å². The lowest BCUT2D eigenvalue weighted by Gasteiger charge is -2.16. The number of urea groups is 1.